The molecule has 0 amide bonds. The monoisotopic (exact) mass is 283 g/mol. The van der Waals surface area contributed by atoms with Crippen LogP contribution in [0.15, 0.2) is 6.07 Å². The summed E-state index contributed by atoms with van der Waals surface area (Å²) in [7, 11) is 0. The lowest BCUT2D eigenvalue weighted by Gasteiger charge is -2.13. The van der Waals surface area contributed by atoms with E-state index in [0.29, 0.717) is 11.0 Å². The van der Waals surface area contributed by atoms with Gasteiger partial charge in [0.2, 0.25) is 5.95 Å². The summed E-state index contributed by atoms with van der Waals surface area (Å²) in [6.07, 6.45) is 0. The highest BCUT2D eigenvalue weighted by Crippen LogP contribution is 2.27. The maximum Gasteiger partial charge on any atom is 0.223 e. The zero-order valence-electron chi connectivity index (χ0n) is 10.4. The first-order valence-electron chi connectivity index (χ1n) is 5.46. The third-order valence-corrected chi connectivity index (χ3v) is 3.86. The molecule has 0 aromatic carbocycles. The van der Waals surface area contributed by atoms with Gasteiger partial charge in [-0.05, 0) is 20.8 Å². The summed E-state index contributed by atoms with van der Waals surface area (Å²) >= 11 is 7.50. The fourth-order valence-corrected chi connectivity index (χ4v) is 2.87. The van der Waals surface area contributed by atoms with Gasteiger partial charge in [0.25, 0.3) is 0 Å². The topological polar surface area (TPSA) is 76.7 Å². The molecule has 0 bridgehead atoms. The first-order valence-corrected chi connectivity index (χ1v) is 6.65. The normalized spacial score (nSPS) is 12.4. The van der Waals surface area contributed by atoms with Crippen molar-refractivity contribution < 1.29 is 0 Å². The van der Waals surface area contributed by atoms with E-state index < -0.39 is 0 Å². The summed E-state index contributed by atoms with van der Waals surface area (Å²) in [5.41, 5.74) is 6.58. The number of anilines is 2. The second kappa shape index (κ2) is 5.07. The van der Waals surface area contributed by atoms with E-state index in [9.17, 15) is 0 Å². The summed E-state index contributed by atoms with van der Waals surface area (Å²) in [6.45, 7) is 6.04. The maximum atomic E-state index is 5.83. The van der Waals surface area contributed by atoms with Gasteiger partial charge in [0, 0.05) is 10.9 Å². The number of rotatable bonds is 3. The summed E-state index contributed by atoms with van der Waals surface area (Å²) in [4.78, 5) is 13.5. The number of nitrogens with zero attached hydrogens (tertiary/aromatic N) is 3. The number of nitrogens with one attached hydrogen (secondary N) is 1. The van der Waals surface area contributed by atoms with Crippen LogP contribution in [0.3, 0.4) is 0 Å². The van der Waals surface area contributed by atoms with E-state index in [4.69, 9.17) is 17.3 Å². The molecule has 7 heteroatoms. The molecule has 18 heavy (non-hydrogen) atoms. The lowest BCUT2D eigenvalue weighted by Crippen LogP contribution is -2.09. The summed E-state index contributed by atoms with van der Waals surface area (Å²) in [5.74, 6) is 0.778. The molecule has 1 atom stereocenters. The van der Waals surface area contributed by atoms with Gasteiger partial charge in [0.1, 0.15) is 11.0 Å². The molecule has 2 rings (SSSR count). The van der Waals surface area contributed by atoms with Gasteiger partial charge in [-0.15, -0.1) is 11.3 Å². The highest BCUT2D eigenvalue weighted by atomic mass is 35.5. The van der Waals surface area contributed by atoms with E-state index in [-0.39, 0.29) is 12.0 Å². The van der Waals surface area contributed by atoms with Gasteiger partial charge < -0.3 is 11.1 Å². The van der Waals surface area contributed by atoms with Crippen molar-refractivity contribution in [3.63, 3.8) is 0 Å². The molecule has 2 aromatic heterocycles. The Morgan fingerprint density at radius 1 is 1.33 bits per heavy atom. The minimum Gasteiger partial charge on any atom is -0.368 e. The summed E-state index contributed by atoms with van der Waals surface area (Å²) in [6, 6.07) is 1.75. The van der Waals surface area contributed by atoms with Crippen LogP contribution in [0, 0.1) is 13.8 Å². The average molecular weight is 284 g/mol. The standard InChI is InChI=1S/C11H14ClN5S/c1-5-10(18-7(3)14-5)6(2)15-9-4-8(12)16-11(13)17-9/h4,6H,1-3H3,(H3,13,15,16,17). The smallest absolute Gasteiger partial charge is 0.223 e. The molecule has 0 fully saturated rings. The minimum absolute atomic E-state index is 0.0987. The van der Waals surface area contributed by atoms with Crippen LogP contribution in [0.5, 0.6) is 0 Å². The number of halogens is 1. The Labute approximate surface area is 114 Å². The molecule has 0 aliphatic carbocycles. The SMILES string of the molecule is Cc1nc(C)c(C(C)Nc2cc(Cl)nc(N)n2)s1. The van der Waals surface area contributed by atoms with Gasteiger partial charge in [-0.1, -0.05) is 11.6 Å². The van der Waals surface area contributed by atoms with E-state index in [1.165, 1.54) is 4.88 Å². The Morgan fingerprint density at radius 2 is 2.06 bits per heavy atom. The fourth-order valence-electron chi connectivity index (χ4n) is 1.75. The maximum absolute atomic E-state index is 5.83. The van der Waals surface area contributed by atoms with Crippen LogP contribution >= 0.6 is 22.9 Å². The van der Waals surface area contributed by atoms with Gasteiger partial charge >= 0.3 is 0 Å². The van der Waals surface area contributed by atoms with E-state index in [0.717, 1.165) is 10.7 Å². The van der Waals surface area contributed by atoms with Crippen LogP contribution in [0.2, 0.25) is 5.15 Å². The van der Waals surface area contributed by atoms with Crippen molar-refractivity contribution in [1.29, 1.82) is 0 Å². The first-order chi connectivity index (χ1) is 8.45. The van der Waals surface area contributed by atoms with E-state index >= 15 is 0 Å². The van der Waals surface area contributed by atoms with Crippen LogP contribution < -0.4 is 11.1 Å². The molecule has 1 unspecified atom stereocenters. The van der Waals surface area contributed by atoms with Gasteiger partial charge in [0.05, 0.1) is 16.7 Å². The number of aromatic nitrogens is 3. The molecule has 2 heterocycles. The van der Waals surface area contributed by atoms with Crippen LogP contribution in [0.25, 0.3) is 0 Å². The van der Waals surface area contributed by atoms with E-state index in [1.54, 1.807) is 17.4 Å². The minimum atomic E-state index is 0.0987. The predicted molar refractivity (Wildman–Crippen MR) is 75.1 cm³/mol. The second-order valence-electron chi connectivity index (χ2n) is 3.98. The van der Waals surface area contributed by atoms with Crippen molar-refractivity contribution in [3.05, 3.63) is 26.8 Å². The number of nitrogen functional groups attached to an aromatic ring is 1. The Bertz CT molecular complexity index is 548. The van der Waals surface area contributed by atoms with Gasteiger partial charge in [-0.3, -0.25) is 0 Å². The molecule has 3 N–H and O–H groups in total. The number of nitrogens with two attached hydrogens (primary N) is 1. The van der Waals surface area contributed by atoms with Crippen LogP contribution in [0.1, 0.15) is 28.5 Å². The fraction of sp³-hybridized carbons (Fsp3) is 0.364. The Kier molecular flexibility index (Phi) is 3.68. The molecule has 0 radical (unpaired) electrons. The van der Waals surface area contributed by atoms with E-state index in [2.05, 4.69) is 20.3 Å². The zero-order chi connectivity index (χ0) is 13.3. The van der Waals surface area contributed by atoms with Crippen molar-refractivity contribution in [2.24, 2.45) is 0 Å². The molecule has 0 saturated heterocycles. The lowest BCUT2D eigenvalue weighted by molar-refractivity contribution is 0.878. The number of hydrogen-bond donors (Lipinski definition) is 2. The molecule has 96 valence electrons. The molecule has 0 spiro atoms. The van der Waals surface area contributed by atoms with Gasteiger partial charge in [0.15, 0.2) is 0 Å². The average Bonchev–Trinajstić information content (AvgIpc) is 2.56. The zero-order valence-corrected chi connectivity index (χ0v) is 11.9. The molecule has 0 aliphatic rings. The van der Waals surface area contributed by atoms with E-state index in [1.807, 2.05) is 20.8 Å². The quantitative estimate of drug-likeness (QED) is 0.847. The Balaban J connectivity index is 2.20. The molecule has 0 saturated carbocycles. The van der Waals surface area contributed by atoms with Crippen molar-refractivity contribution in [2.45, 2.75) is 26.8 Å². The number of thiazole rings is 1. The molecular weight excluding hydrogens is 270 g/mol. The first kappa shape index (κ1) is 13.0. The van der Waals surface area contributed by atoms with Crippen molar-refractivity contribution in [2.75, 3.05) is 11.1 Å². The van der Waals surface area contributed by atoms with Crippen LogP contribution in [-0.4, -0.2) is 15.0 Å². The summed E-state index contributed by atoms with van der Waals surface area (Å²) < 4.78 is 0. The van der Waals surface area contributed by atoms with Crippen LogP contribution in [-0.2, 0) is 0 Å². The van der Waals surface area contributed by atoms with Crippen molar-refractivity contribution in [1.82, 2.24) is 15.0 Å². The highest BCUT2D eigenvalue weighted by Gasteiger charge is 2.13. The van der Waals surface area contributed by atoms with Gasteiger partial charge in [-0.2, -0.15) is 4.98 Å². The van der Waals surface area contributed by atoms with Crippen LogP contribution in [0.4, 0.5) is 11.8 Å². The lowest BCUT2D eigenvalue weighted by atomic mass is 10.2. The van der Waals surface area contributed by atoms with Crippen molar-refractivity contribution >= 4 is 34.7 Å². The Morgan fingerprint density at radius 3 is 2.61 bits per heavy atom. The predicted octanol–water partition coefficient (Wildman–Crippen LogP) is 2.96. The largest absolute Gasteiger partial charge is 0.368 e. The molecule has 5 nitrogen and oxygen atoms in total. The number of aryl methyl sites for hydroxylation is 2. The molecule has 2 aromatic rings. The summed E-state index contributed by atoms with van der Waals surface area (Å²) in [5, 5.41) is 4.63. The highest BCUT2D eigenvalue weighted by molar-refractivity contribution is 7.11. The molecule has 0 aliphatic heterocycles. The third kappa shape index (κ3) is 2.88. The second-order valence-corrected chi connectivity index (χ2v) is 5.60. The van der Waals surface area contributed by atoms with Crippen molar-refractivity contribution in [3.8, 4) is 0 Å². The third-order valence-electron chi connectivity index (χ3n) is 2.41. The van der Waals surface area contributed by atoms with Gasteiger partial charge in [-0.25, -0.2) is 9.97 Å². The Hall–Kier alpha value is -1.40. The number of hydrogen-bond acceptors (Lipinski definition) is 6. The molecular formula is C11H14ClN5S.